The first-order valence-corrected chi connectivity index (χ1v) is 11.9. The molecule has 2 aromatic rings. The van der Waals surface area contributed by atoms with Gasteiger partial charge in [-0.05, 0) is 77.5 Å². The lowest BCUT2D eigenvalue weighted by Gasteiger charge is -2.32. The first kappa shape index (κ1) is 25.7. The number of hydrogen-bond acceptors (Lipinski definition) is 3. The van der Waals surface area contributed by atoms with Gasteiger partial charge in [-0.1, -0.05) is 13.8 Å². The molecule has 7 heteroatoms. The van der Waals surface area contributed by atoms with E-state index in [1.54, 1.807) is 17.0 Å². The number of likely N-dealkylation sites (N-methyl/N-ethyl adjacent to an activating group) is 1. The Labute approximate surface area is 202 Å². The zero-order valence-electron chi connectivity index (χ0n) is 21.7. The fourth-order valence-corrected chi connectivity index (χ4v) is 4.70. The molecule has 0 saturated heterocycles. The van der Waals surface area contributed by atoms with Crippen molar-refractivity contribution in [3.8, 4) is 0 Å². The summed E-state index contributed by atoms with van der Waals surface area (Å²) < 4.78 is 16.1. The Kier molecular flexibility index (Phi) is 7.36. The standard InChI is InChI=1S/C27H37FN4O2/c1-9-31(10-2)14-13-29-25(33)24-17(3)23(30(8)18(24)4)16-21-20-15-19(28)11-12-22(20)32(26(21)34)27(5,6)7/h11-12,15-16H,9-10,13-14H2,1-8H3,(H,29,33)/b21-16-. The summed E-state index contributed by atoms with van der Waals surface area (Å²) in [5.41, 5.74) is 4.24. The lowest BCUT2D eigenvalue weighted by molar-refractivity contribution is -0.113. The molecule has 0 spiro atoms. The molecule has 0 unspecified atom stereocenters. The van der Waals surface area contributed by atoms with Gasteiger partial charge in [-0.2, -0.15) is 0 Å². The lowest BCUT2D eigenvalue weighted by atomic mass is 10.0. The van der Waals surface area contributed by atoms with Gasteiger partial charge in [-0.15, -0.1) is 0 Å². The predicted molar refractivity (Wildman–Crippen MR) is 137 cm³/mol. The maximum atomic E-state index is 14.2. The van der Waals surface area contributed by atoms with E-state index in [1.165, 1.54) is 12.1 Å². The van der Waals surface area contributed by atoms with Crippen molar-refractivity contribution in [1.29, 1.82) is 0 Å². The molecule has 2 amide bonds. The van der Waals surface area contributed by atoms with E-state index >= 15 is 0 Å². The van der Waals surface area contributed by atoms with Crippen molar-refractivity contribution in [3.05, 3.63) is 52.1 Å². The van der Waals surface area contributed by atoms with E-state index in [0.29, 0.717) is 28.9 Å². The third-order valence-electron chi connectivity index (χ3n) is 6.70. The Morgan fingerprint density at radius 2 is 1.82 bits per heavy atom. The fraction of sp³-hybridized carbons (Fsp3) is 0.481. The molecule has 0 fully saturated rings. The van der Waals surface area contributed by atoms with Gasteiger partial charge in [0.2, 0.25) is 0 Å². The topological polar surface area (TPSA) is 57.6 Å². The van der Waals surface area contributed by atoms with Gasteiger partial charge in [0.1, 0.15) is 5.82 Å². The van der Waals surface area contributed by atoms with E-state index in [9.17, 15) is 14.0 Å². The van der Waals surface area contributed by atoms with Crippen LogP contribution < -0.4 is 10.2 Å². The number of nitrogens with zero attached hydrogens (tertiary/aromatic N) is 3. The van der Waals surface area contributed by atoms with Crippen LogP contribution in [0.1, 0.15) is 67.5 Å². The molecule has 2 heterocycles. The SMILES string of the molecule is CCN(CC)CCNC(=O)c1c(C)c(/C=C2\C(=O)N(C(C)(C)C)c3ccc(F)cc32)n(C)c1C. The number of carbonyl (C=O) groups is 2. The van der Waals surface area contributed by atoms with Gasteiger partial charge in [-0.25, -0.2) is 4.39 Å². The minimum absolute atomic E-state index is 0.122. The molecule has 3 rings (SSSR count). The second-order valence-electron chi connectivity index (χ2n) is 9.84. The molecule has 6 nitrogen and oxygen atoms in total. The quantitative estimate of drug-likeness (QED) is 0.607. The van der Waals surface area contributed by atoms with Crippen LogP contribution in [0.5, 0.6) is 0 Å². The summed E-state index contributed by atoms with van der Waals surface area (Å²) in [6.45, 7) is 17.1. The average molecular weight is 469 g/mol. The number of carbonyl (C=O) groups excluding carboxylic acids is 2. The summed E-state index contributed by atoms with van der Waals surface area (Å²) in [4.78, 5) is 30.5. The molecule has 1 aliphatic heterocycles. The maximum Gasteiger partial charge on any atom is 0.259 e. The molecule has 184 valence electrons. The third-order valence-corrected chi connectivity index (χ3v) is 6.70. The zero-order chi connectivity index (χ0) is 25.4. The van der Waals surface area contributed by atoms with Crippen molar-refractivity contribution < 1.29 is 14.0 Å². The van der Waals surface area contributed by atoms with Crippen LogP contribution in [0.3, 0.4) is 0 Å². The van der Waals surface area contributed by atoms with Gasteiger partial charge in [-0.3, -0.25) is 9.59 Å². The Balaban J connectivity index is 2.00. The van der Waals surface area contributed by atoms with E-state index in [0.717, 1.165) is 36.6 Å². The lowest BCUT2D eigenvalue weighted by Crippen LogP contribution is -2.43. The van der Waals surface area contributed by atoms with E-state index in [-0.39, 0.29) is 17.6 Å². The number of aromatic nitrogens is 1. The molecule has 34 heavy (non-hydrogen) atoms. The first-order valence-electron chi connectivity index (χ1n) is 11.9. The van der Waals surface area contributed by atoms with E-state index in [2.05, 4.69) is 24.1 Å². The third kappa shape index (κ3) is 4.67. The van der Waals surface area contributed by atoms with Gasteiger partial charge in [0.15, 0.2) is 0 Å². The number of hydrogen-bond donors (Lipinski definition) is 1. The van der Waals surface area contributed by atoms with Crippen LogP contribution >= 0.6 is 0 Å². The van der Waals surface area contributed by atoms with E-state index < -0.39 is 5.54 Å². The number of nitrogens with one attached hydrogen (secondary N) is 1. The normalized spacial score (nSPS) is 14.9. The van der Waals surface area contributed by atoms with E-state index in [1.807, 2.05) is 46.2 Å². The minimum atomic E-state index is -0.464. The van der Waals surface area contributed by atoms with Crippen LogP contribution in [-0.2, 0) is 11.8 Å². The van der Waals surface area contributed by atoms with Crippen LogP contribution in [0.2, 0.25) is 0 Å². The Bertz CT molecular complexity index is 1140. The molecule has 1 aromatic heterocycles. The average Bonchev–Trinajstić information content (AvgIpc) is 3.16. The van der Waals surface area contributed by atoms with E-state index in [4.69, 9.17) is 0 Å². The first-order chi connectivity index (χ1) is 15.9. The van der Waals surface area contributed by atoms with Crippen molar-refractivity contribution in [2.75, 3.05) is 31.1 Å². The highest BCUT2D eigenvalue weighted by molar-refractivity contribution is 6.36. The van der Waals surface area contributed by atoms with Gasteiger partial charge >= 0.3 is 0 Å². The zero-order valence-corrected chi connectivity index (χ0v) is 21.7. The Morgan fingerprint density at radius 3 is 2.41 bits per heavy atom. The van der Waals surface area contributed by atoms with Gasteiger partial charge in [0, 0.05) is 42.6 Å². The van der Waals surface area contributed by atoms with Crippen molar-refractivity contribution >= 4 is 29.2 Å². The summed E-state index contributed by atoms with van der Waals surface area (Å²) in [6.07, 6.45) is 1.79. The molecule has 1 aliphatic rings. The fourth-order valence-electron chi connectivity index (χ4n) is 4.70. The predicted octanol–water partition coefficient (Wildman–Crippen LogP) is 4.54. The molecular weight excluding hydrogens is 431 g/mol. The van der Waals surface area contributed by atoms with Crippen LogP contribution in [0.15, 0.2) is 18.2 Å². The van der Waals surface area contributed by atoms with Gasteiger partial charge in [0.05, 0.1) is 16.8 Å². The summed E-state index contributed by atoms with van der Waals surface area (Å²) in [5, 5.41) is 3.03. The van der Waals surface area contributed by atoms with Crippen molar-refractivity contribution in [3.63, 3.8) is 0 Å². The van der Waals surface area contributed by atoms with Crippen molar-refractivity contribution in [1.82, 2.24) is 14.8 Å². The van der Waals surface area contributed by atoms with Crippen LogP contribution in [-0.4, -0.2) is 53.0 Å². The highest BCUT2D eigenvalue weighted by Gasteiger charge is 2.39. The monoisotopic (exact) mass is 468 g/mol. The molecule has 0 bridgehead atoms. The highest BCUT2D eigenvalue weighted by atomic mass is 19.1. The molecule has 0 aliphatic carbocycles. The molecular formula is C27H37FN4O2. The number of amides is 2. The minimum Gasteiger partial charge on any atom is -0.351 e. The summed E-state index contributed by atoms with van der Waals surface area (Å²) in [6, 6.07) is 4.45. The number of fused-ring (bicyclic) bond motifs is 1. The Morgan fingerprint density at radius 1 is 1.18 bits per heavy atom. The molecule has 1 aromatic carbocycles. The summed E-state index contributed by atoms with van der Waals surface area (Å²) in [7, 11) is 1.88. The molecule has 0 saturated carbocycles. The maximum absolute atomic E-state index is 14.2. The van der Waals surface area contributed by atoms with Gasteiger partial charge in [0.25, 0.3) is 11.8 Å². The summed E-state index contributed by atoms with van der Waals surface area (Å²) >= 11 is 0. The molecule has 0 atom stereocenters. The molecule has 1 N–H and O–H groups in total. The van der Waals surface area contributed by atoms with Crippen LogP contribution in [0, 0.1) is 19.7 Å². The van der Waals surface area contributed by atoms with Crippen LogP contribution in [0.4, 0.5) is 10.1 Å². The second kappa shape index (κ2) is 9.74. The number of rotatable bonds is 7. The van der Waals surface area contributed by atoms with Gasteiger partial charge < -0.3 is 19.7 Å². The number of halogens is 1. The molecule has 0 radical (unpaired) electrons. The number of benzene rings is 1. The van der Waals surface area contributed by atoms with Crippen LogP contribution in [0.25, 0.3) is 11.6 Å². The van der Waals surface area contributed by atoms with Crippen molar-refractivity contribution in [2.24, 2.45) is 7.05 Å². The highest BCUT2D eigenvalue weighted by Crippen LogP contribution is 2.42. The Hall–Kier alpha value is -2.93. The second-order valence-corrected chi connectivity index (χ2v) is 9.84. The largest absolute Gasteiger partial charge is 0.351 e. The smallest absolute Gasteiger partial charge is 0.259 e. The van der Waals surface area contributed by atoms with Crippen molar-refractivity contribution in [2.45, 2.75) is 54.0 Å². The number of anilines is 1. The summed E-state index contributed by atoms with van der Waals surface area (Å²) in [5.74, 6) is -0.680.